The fourth-order valence-corrected chi connectivity index (χ4v) is 4.79. The molecule has 9 heteroatoms. The van der Waals surface area contributed by atoms with Gasteiger partial charge in [0, 0.05) is 31.6 Å². The number of nitrogens with zero attached hydrogens (tertiary/aromatic N) is 3. The van der Waals surface area contributed by atoms with Crippen LogP contribution in [0.2, 0.25) is 15.1 Å². The number of aromatic nitrogens is 2. The first-order chi connectivity index (χ1) is 19.0. The van der Waals surface area contributed by atoms with Gasteiger partial charge in [0.15, 0.2) is 5.76 Å². The molecule has 0 fully saturated rings. The van der Waals surface area contributed by atoms with Crippen molar-refractivity contribution in [2.75, 3.05) is 0 Å². The summed E-state index contributed by atoms with van der Waals surface area (Å²) in [6.07, 6.45) is 1.51. The molecular weight excluding hydrogens is 557 g/mol. The molecule has 192 valence electrons. The van der Waals surface area contributed by atoms with E-state index >= 15 is 0 Å². The van der Waals surface area contributed by atoms with Gasteiger partial charge < -0.3 is 9.15 Å². The Bertz CT molecular complexity index is 1910. The molecule has 0 aliphatic heterocycles. The molecule has 0 N–H and O–H groups in total. The van der Waals surface area contributed by atoms with Crippen molar-refractivity contribution in [3.05, 3.63) is 128 Å². The molecule has 6 nitrogen and oxygen atoms in total. The van der Waals surface area contributed by atoms with Crippen molar-refractivity contribution in [2.45, 2.75) is 6.61 Å². The summed E-state index contributed by atoms with van der Waals surface area (Å²) in [5.74, 6) is 1.18. The summed E-state index contributed by atoms with van der Waals surface area (Å²) in [6, 6.07) is 26.9. The molecule has 2 aromatic heterocycles. The lowest BCUT2D eigenvalue weighted by Gasteiger charge is -2.11. The molecule has 6 rings (SSSR count). The lowest BCUT2D eigenvalue weighted by molar-refractivity contribution is 0.306. The van der Waals surface area contributed by atoms with Crippen LogP contribution in [0.5, 0.6) is 5.75 Å². The third kappa shape index (κ3) is 5.14. The molecule has 0 spiro atoms. The second-order valence-electron chi connectivity index (χ2n) is 8.67. The number of benzene rings is 4. The molecule has 39 heavy (non-hydrogen) atoms. The Hall–Kier alpha value is -4.10. The maximum atomic E-state index is 13.6. The number of halogens is 3. The SMILES string of the molecule is O=c1c2ccccc2nc(-c2cc3ccccc3o2)n1N=Cc1cc(Cl)ccc1OCc1ccc(Cl)cc1Cl. The van der Waals surface area contributed by atoms with Gasteiger partial charge in [-0.3, -0.25) is 4.79 Å². The monoisotopic (exact) mass is 573 g/mol. The highest BCUT2D eigenvalue weighted by Crippen LogP contribution is 2.28. The van der Waals surface area contributed by atoms with E-state index in [2.05, 4.69) is 5.10 Å². The van der Waals surface area contributed by atoms with E-state index in [-0.39, 0.29) is 18.0 Å². The van der Waals surface area contributed by atoms with E-state index in [1.165, 1.54) is 10.9 Å². The first-order valence-electron chi connectivity index (χ1n) is 11.9. The van der Waals surface area contributed by atoms with Crippen molar-refractivity contribution in [2.24, 2.45) is 5.10 Å². The van der Waals surface area contributed by atoms with E-state index in [1.807, 2.05) is 36.4 Å². The van der Waals surface area contributed by atoms with Crippen LogP contribution in [0, 0.1) is 0 Å². The Morgan fingerprint density at radius 1 is 0.897 bits per heavy atom. The topological polar surface area (TPSA) is 69.6 Å². The van der Waals surface area contributed by atoms with Gasteiger partial charge in [0.25, 0.3) is 5.56 Å². The summed E-state index contributed by atoms with van der Waals surface area (Å²) >= 11 is 18.6. The number of ether oxygens (including phenoxy) is 1. The minimum absolute atomic E-state index is 0.195. The standard InChI is InChI=1S/C30H18Cl3N3O3/c31-21-11-12-26(38-17-19-9-10-22(32)15-24(19)33)20(13-21)16-34-36-29(28-14-18-5-1-4-8-27(18)39-28)35-25-7-3-2-6-23(25)30(36)37/h1-16H,17H2. The van der Waals surface area contributed by atoms with Gasteiger partial charge in [0.1, 0.15) is 17.9 Å². The van der Waals surface area contributed by atoms with Crippen molar-refractivity contribution in [3.8, 4) is 17.3 Å². The summed E-state index contributed by atoms with van der Waals surface area (Å²) in [6.45, 7) is 0.195. The molecule has 0 saturated carbocycles. The van der Waals surface area contributed by atoms with Crippen molar-refractivity contribution < 1.29 is 9.15 Å². The smallest absolute Gasteiger partial charge is 0.282 e. The van der Waals surface area contributed by atoms with Crippen LogP contribution in [0.1, 0.15) is 11.1 Å². The zero-order chi connectivity index (χ0) is 26.9. The average molecular weight is 575 g/mol. The van der Waals surface area contributed by atoms with E-state index < -0.39 is 0 Å². The number of para-hydroxylation sites is 2. The molecule has 4 aromatic carbocycles. The van der Waals surface area contributed by atoms with Crippen LogP contribution < -0.4 is 10.3 Å². The highest BCUT2D eigenvalue weighted by molar-refractivity contribution is 6.35. The molecule has 0 atom stereocenters. The Morgan fingerprint density at radius 2 is 1.67 bits per heavy atom. The van der Waals surface area contributed by atoms with Gasteiger partial charge >= 0.3 is 0 Å². The molecule has 0 radical (unpaired) electrons. The summed E-state index contributed by atoms with van der Waals surface area (Å²) in [7, 11) is 0. The number of rotatable bonds is 6. The first-order valence-corrected chi connectivity index (χ1v) is 13.0. The van der Waals surface area contributed by atoms with E-state index in [9.17, 15) is 4.79 Å². The van der Waals surface area contributed by atoms with Crippen molar-refractivity contribution >= 4 is 62.9 Å². The predicted molar refractivity (Wildman–Crippen MR) is 156 cm³/mol. The molecule has 0 unspecified atom stereocenters. The number of hydrogen-bond acceptors (Lipinski definition) is 5. The van der Waals surface area contributed by atoms with Crippen LogP contribution in [0.15, 0.2) is 105 Å². The molecule has 6 aromatic rings. The van der Waals surface area contributed by atoms with E-state index in [0.29, 0.717) is 48.6 Å². The lowest BCUT2D eigenvalue weighted by atomic mass is 10.2. The second-order valence-corrected chi connectivity index (χ2v) is 9.95. The molecule has 0 aliphatic rings. The van der Waals surface area contributed by atoms with Gasteiger partial charge in [0.05, 0.1) is 17.1 Å². The Labute approximate surface area is 237 Å². The van der Waals surface area contributed by atoms with Crippen LogP contribution in [0.3, 0.4) is 0 Å². The second kappa shape index (κ2) is 10.6. The zero-order valence-electron chi connectivity index (χ0n) is 20.1. The zero-order valence-corrected chi connectivity index (χ0v) is 22.4. The van der Waals surface area contributed by atoms with Gasteiger partial charge in [0.2, 0.25) is 5.82 Å². The molecule has 2 heterocycles. The number of hydrogen-bond donors (Lipinski definition) is 0. The van der Waals surface area contributed by atoms with Crippen LogP contribution >= 0.6 is 34.8 Å². The van der Waals surface area contributed by atoms with Crippen molar-refractivity contribution in [1.82, 2.24) is 9.66 Å². The summed E-state index contributed by atoms with van der Waals surface area (Å²) in [4.78, 5) is 18.3. The van der Waals surface area contributed by atoms with Crippen LogP contribution in [0.4, 0.5) is 0 Å². The fourth-order valence-electron chi connectivity index (χ4n) is 4.15. The van der Waals surface area contributed by atoms with Gasteiger partial charge in [-0.15, -0.1) is 0 Å². The minimum atomic E-state index is -0.343. The normalized spacial score (nSPS) is 11.6. The Balaban J connectivity index is 1.43. The average Bonchev–Trinajstić information content (AvgIpc) is 3.37. The minimum Gasteiger partial charge on any atom is -0.488 e. The fraction of sp³-hybridized carbons (Fsp3) is 0.0333. The summed E-state index contributed by atoms with van der Waals surface area (Å²) in [5.41, 5.74) is 2.20. The van der Waals surface area contributed by atoms with Gasteiger partial charge in [-0.1, -0.05) is 71.2 Å². The maximum Gasteiger partial charge on any atom is 0.282 e. The quantitative estimate of drug-likeness (QED) is 0.188. The third-order valence-corrected chi connectivity index (χ3v) is 6.90. The van der Waals surface area contributed by atoms with Crippen LogP contribution in [-0.2, 0) is 6.61 Å². The molecule has 0 saturated heterocycles. The first kappa shape index (κ1) is 25.2. The molecule has 0 aliphatic carbocycles. The number of fused-ring (bicyclic) bond motifs is 2. The summed E-state index contributed by atoms with van der Waals surface area (Å²) < 4.78 is 13.3. The van der Waals surface area contributed by atoms with Crippen LogP contribution in [0.25, 0.3) is 33.5 Å². The highest BCUT2D eigenvalue weighted by Gasteiger charge is 2.16. The maximum absolute atomic E-state index is 13.6. The Morgan fingerprint density at radius 3 is 2.51 bits per heavy atom. The van der Waals surface area contributed by atoms with E-state index in [0.717, 1.165) is 10.9 Å². The largest absolute Gasteiger partial charge is 0.488 e. The lowest BCUT2D eigenvalue weighted by Crippen LogP contribution is -2.20. The van der Waals surface area contributed by atoms with Crippen LogP contribution in [-0.4, -0.2) is 15.9 Å². The van der Waals surface area contributed by atoms with Gasteiger partial charge in [-0.25, -0.2) is 4.98 Å². The molecule has 0 bridgehead atoms. The van der Waals surface area contributed by atoms with Crippen molar-refractivity contribution in [3.63, 3.8) is 0 Å². The highest BCUT2D eigenvalue weighted by atomic mass is 35.5. The Kier molecular flexibility index (Phi) is 6.83. The molecular formula is C30H18Cl3N3O3. The van der Waals surface area contributed by atoms with Gasteiger partial charge in [-0.2, -0.15) is 9.78 Å². The third-order valence-electron chi connectivity index (χ3n) is 6.08. The van der Waals surface area contributed by atoms with E-state index in [4.69, 9.17) is 48.9 Å². The van der Waals surface area contributed by atoms with Crippen molar-refractivity contribution in [1.29, 1.82) is 0 Å². The summed E-state index contributed by atoms with van der Waals surface area (Å²) in [5, 5.41) is 7.36. The number of furan rings is 1. The molecule has 0 amide bonds. The van der Waals surface area contributed by atoms with E-state index in [1.54, 1.807) is 54.6 Å². The van der Waals surface area contributed by atoms with Gasteiger partial charge in [-0.05, 0) is 54.6 Å². The predicted octanol–water partition coefficient (Wildman–Crippen LogP) is 8.23.